The largest absolute Gasteiger partial charge is 0.494 e. The molecule has 1 unspecified atom stereocenters. The number of hydrogen-bond acceptors (Lipinski definition) is 7. The van der Waals surface area contributed by atoms with Gasteiger partial charge in [-0.15, -0.1) is 0 Å². The Hall–Kier alpha value is -4.02. The zero-order valence-corrected chi connectivity index (χ0v) is 27.0. The topological polar surface area (TPSA) is 113 Å². The molecule has 1 saturated heterocycles. The average Bonchev–Trinajstić information content (AvgIpc) is 3.31. The van der Waals surface area contributed by atoms with Gasteiger partial charge in [-0.3, -0.25) is 0 Å². The Morgan fingerprint density at radius 1 is 1.02 bits per heavy atom. The van der Waals surface area contributed by atoms with E-state index in [1.54, 1.807) is 20.5 Å². The van der Waals surface area contributed by atoms with E-state index in [1.165, 1.54) is 0 Å². The first kappa shape index (κ1) is 31.4. The Morgan fingerprint density at radius 3 is 2.39 bits per heavy atom. The van der Waals surface area contributed by atoms with Crippen LogP contribution in [0.1, 0.15) is 79.7 Å². The number of carbonyl (C=O) groups is 2. The molecule has 0 aliphatic carbocycles. The van der Waals surface area contributed by atoms with Crippen LogP contribution in [0.5, 0.6) is 5.75 Å². The van der Waals surface area contributed by atoms with Crippen LogP contribution in [0.2, 0.25) is 0 Å². The molecule has 5 rings (SSSR count). The highest BCUT2D eigenvalue weighted by Crippen LogP contribution is 2.42. The van der Waals surface area contributed by atoms with Gasteiger partial charge in [0.05, 0.1) is 30.6 Å². The van der Waals surface area contributed by atoms with Crippen LogP contribution in [0, 0.1) is 5.41 Å². The summed E-state index contributed by atoms with van der Waals surface area (Å²) in [7, 11) is 0. The molecule has 2 aliphatic rings. The smallest absolute Gasteiger partial charge is 0.420 e. The summed E-state index contributed by atoms with van der Waals surface area (Å²) in [4.78, 5) is 37.3. The minimum absolute atomic E-state index is 0.0807. The first-order chi connectivity index (χ1) is 20.8. The lowest BCUT2D eigenvalue weighted by molar-refractivity contribution is 0.0449. The van der Waals surface area contributed by atoms with E-state index in [0.29, 0.717) is 42.5 Å². The minimum atomic E-state index is -0.892. The monoisotopic (exact) mass is 606 g/mol. The molecular formula is C33H46N6O5. The normalized spacial score (nSPS) is 19.3. The van der Waals surface area contributed by atoms with Gasteiger partial charge < -0.3 is 24.4 Å². The van der Waals surface area contributed by atoms with E-state index >= 15 is 0 Å². The van der Waals surface area contributed by atoms with Gasteiger partial charge in [0.25, 0.3) is 0 Å². The van der Waals surface area contributed by atoms with Gasteiger partial charge in [0.2, 0.25) is 0 Å². The summed E-state index contributed by atoms with van der Waals surface area (Å²) in [6, 6.07) is 8.92. The van der Waals surface area contributed by atoms with Gasteiger partial charge >= 0.3 is 12.2 Å². The van der Waals surface area contributed by atoms with E-state index in [-0.39, 0.29) is 17.5 Å². The second-order valence-corrected chi connectivity index (χ2v) is 13.7. The number of carboxylic acid groups (broad SMARTS) is 1. The van der Waals surface area contributed by atoms with Crippen molar-refractivity contribution < 1.29 is 24.2 Å². The highest BCUT2D eigenvalue weighted by atomic mass is 16.6. The molecule has 11 nitrogen and oxygen atoms in total. The van der Waals surface area contributed by atoms with Crippen LogP contribution in [0.15, 0.2) is 36.5 Å². The maximum Gasteiger partial charge on any atom is 0.420 e. The fraction of sp³-hybridized carbons (Fsp3) is 0.576. The summed E-state index contributed by atoms with van der Waals surface area (Å²) in [6.07, 6.45) is 4.36. The fourth-order valence-electron chi connectivity index (χ4n) is 6.69. The second kappa shape index (κ2) is 12.2. The lowest BCUT2D eigenvalue weighted by Crippen LogP contribution is -2.62. The van der Waals surface area contributed by atoms with Gasteiger partial charge in [0, 0.05) is 24.7 Å². The van der Waals surface area contributed by atoms with Crippen LogP contribution in [0.25, 0.3) is 5.65 Å². The molecular weight excluding hydrogens is 560 g/mol. The molecule has 11 heteroatoms. The van der Waals surface area contributed by atoms with Crippen LogP contribution in [-0.2, 0) is 11.2 Å². The fourth-order valence-corrected chi connectivity index (χ4v) is 6.69. The molecule has 1 N–H and O–H groups in total. The van der Waals surface area contributed by atoms with Crippen LogP contribution < -0.4 is 14.5 Å². The van der Waals surface area contributed by atoms with Gasteiger partial charge in [0.1, 0.15) is 17.2 Å². The Kier molecular flexibility index (Phi) is 8.68. The van der Waals surface area contributed by atoms with Crippen molar-refractivity contribution in [2.75, 3.05) is 29.5 Å². The van der Waals surface area contributed by atoms with Gasteiger partial charge in [0.15, 0.2) is 11.5 Å². The molecule has 1 aromatic carbocycles. The van der Waals surface area contributed by atoms with Crippen molar-refractivity contribution in [2.24, 2.45) is 5.41 Å². The molecule has 0 bridgehead atoms. The summed E-state index contributed by atoms with van der Waals surface area (Å²) < 4.78 is 13.4. The number of likely N-dealkylation sites (tertiary alicyclic amines) is 1. The molecule has 44 heavy (non-hydrogen) atoms. The van der Waals surface area contributed by atoms with Gasteiger partial charge in [-0.25, -0.2) is 19.5 Å². The molecule has 0 radical (unpaired) electrons. The molecule has 4 heterocycles. The van der Waals surface area contributed by atoms with E-state index in [1.807, 2.05) is 58.0 Å². The number of nitrogens with zero attached hydrogens (tertiary/aromatic N) is 6. The maximum atomic E-state index is 14.1. The Labute approximate surface area is 259 Å². The first-order valence-corrected chi connectivity index (χ1v) is 15.7. The Bertz CT molecular complexity index is 1490. The molecule has 2 atom stereocenters. The molecule has 3 aromatic rings. The third-order valence-electron chi connectivity index (χ3n) is 8.26. The quantitative estimate of drug-likeness (QED) is 0.334. The van der Waals surface area contributed by atoms with E-state index in [4.69, 9.17) is 14.5 Å². The van der Waals surface area contributed by atoms with Crippen molar-refractivity contribution in [2.45, 2.75) is 98.3 Å². The van der Waals surface area contributed by atoms with Crippen LogP contribution in [0.4, 0.5) is 26.9 Å². The van der Waals surface area contributed by atoms with Crippen molar-refractivity contribution >= 4 is 35.2 Å². The third kappa shape index (κ3) is 6.27. The SMILES string of the molecule is CCOc1ccc(N(C(=O)OC(C)(C)C)c2c3c(nc4ccnn24)N(C2CCCN(C(=O)O)[C@H]2C(C)(C)C)CCCC3)cc1. The number of aromatic nitrogens is 3. The number of fused-ring (bicyclic) bond motifs is 2. The summed E-state index contributed by atoms with van der Waals surface area (Å²) in [5.41, 5.74) is 1.07. The lowest BCUT2D eigenvalue weighted by atomic mass is 9.77. The molecule has 2 aromatic heterocycles. The number of rotatable bonds is 5. The van der Waals surface area contributed by atoms with E-state index in [2.05, 4.69) is 30.8 Å². The van der Waals surface area contributed by atoms with Crippen molar-refractivity contribution in [1.82, 2.24) is 19.5 Å². The molecule has 238 valence electrons. The predicted molar refractivity (Wildman–Crippen MR) is 170 cm³/mol. The Balaban J connectivity index is 1.72. The zero-order chi connectivity index (χ0) is 31.8. The molecule has 1 fully saturated rings. The molecule has 2 amide bonds. The molecule has 2 aliphatic heterocycles. The molecule has 0 spiro atoms. The number of carbonyl (C=O) groups excluding carboxylic acids is 1. The van der Waals surface area contributed by atoms with Crippen molar-refractivity contribution in [3.63, 3.8) is 0 Å². The standard InChI is InChI=1S/C33H46N6O5/c1-8-43-23-16-14-22(15-17-23)38(31(42)44-33(5,6)7)29-24-12-9-10-20-36(28(24)35-26-18-19-34-39(26)29)25-13-11-21-37(30(40)41)27(25)32(2,3)4/h14-19,25,27H,8-13,20-21H2,1-7H3,(H,40,41)/t25?,27-/m1/s1. The zero-order valence-electron chi connectivity index (χ0n) is 27.0. The number of benzene rings is 1. The van der Waals surface area contributed by atoms with Crippen LogP contribution in [-0.4, -0.2) is 74.2 Å². The predicted octanol–water partition coefficient (Wildman–Crippen LogP) is 6.90. The van der Waals surface area contributed by atoms with E-state index < -0.39 is 17.8 Å². The highest BCUT2D eigenvalue weighted by Gasteiger charge is 2.45. The van der Waals surface area contributed by atoms with Gasteiger partial charge in [-0.05, 0) is 89.5 Å². The van der Waals surface area contributed by atoms with Crippen molar-refractivity contribution in [3.05, 3.63) is 42.1 Å². The van der Waals surface area contributed by atoms with E-state index in [9.17, 15) is 14.7 Å². The lowest BCUT2D eigenvalue weighted by Gasteiger charge is -2.50. The first-order valence-electron chi connectivity index (χ1n) is 15.7. The summed E-state index contributed by atoms with van der Waals surface area (Å²) in [6.45, 7) is 15.6. The number of amides is 2. The van der Waals surface area contributed by atoms with E-state index in [0.717, 1.165) is 43.6 Å². The highest BCUT2D eigenvalue weighted by molar-refractivity contribution is 5.97. The summed E-state index contributed by atoms with van der Waals surface area (Å²) >= 11 is 0. The third-order valence-corrected chi connectivity index (χ3v) is 8.26. The summed E-state index contributed by atoms with van der Waals surface area (Å²) in [5.74, 6) is 2.06. The van der Waals surface area contributed by atoms with Crippen LogP contribution >= 0.6 is 0 Å². The number of piperidine rings is 1. The number of ether oxygens (including phenoxy) is 2. The molecule has 0 saturated carbocycles. The van der Waals surface area contributed by atoms with Gasteiger partial charge in [-0.1, -0.05) is 20.8 Å². The second-order valence-electron chi connectivity index (χ2n) is 13.7. The number of hydrogen-bond donors (Lipinski definition) is 1. The Morgan fingerprint density at radius 2 is 1.75 bits per heavy atom. The van der Waals surface area contributed by atoms with Crippen LogP contribution in [0.3, 0.4) is 0 Å². The maximum absolute atomic E-state index is 14.1. The number of anilines is 3. The van der Waals surface area contributed by atoms with Gasteiger partial charge in [-0.2, -0.15) is 9.61 Å². The minimum Gasteiger partial charge on any atom is -0.494 e. The van der Waals surface area contributed by atoms with Crippen molar-refractivity contribution in [3.8, 4) is 5.75 Å². The van der Waals surface area contributed by atoms with Crippen molar-refractivity contribution in [1.29, 1.82) is 0 Å². The summed E-state index contributed by atoms with van der Waals surface area (Å²) in [5, 5.41) is 14.8. The average molecular weight is 607 g/mol.